The number of hydrogen-bond acceptors (Lipinski definition) is 4. The van der Waals surface area contributed by atoms with Crippen molar-refractivity contribution in [2.24, 2.45) is 0 Å². The Balaban J connectivity index is 1.61. The lowest BCUT2D eigenvalue weighted by molar-refractivity contribution is 0.0463. The maximum atomic E-state index is 4.41. The van der Waals surface area contributed by atoms with Crippen LogP contribution in [0.1, 0.15) is 50.1 Å². The van der Waals surface area contributed by atoms with Crippen LogP contribution >= 0.6 is 11.3 Å². The summed E-state index contributed by atoms with van der Waals surface area (Å²) in [4.78, 5) is 7.04. The molecule has 0 amide bonds. The maximum absolute atomic E-state index is 4.41. The Hall–Kier alpha value is -0.450. The highest BCUT2D eigenvalue weighted by atomic mass is 32.1. The van der Waals surface area contributed by atoms with Crippen molar-refractivity contribution in [2.75, 3.05) is 7.05 Å². The van der Waals surface area contributed by atoms with Crippen LogP contribution in [0.15, 0.2) is 11.6 Å². The molecule has 2 bridgehead atoms. The van der Waals surface area contributed by atoms with E-state index in [1.807, 2.05) is 6.20 Å². The Morgan fingerprint density at radius 3 is 2.72 bits per heavy atom. The maximum Gasteiger partial charge on any atom is 0.109 e. The normalized spacial score (nSPS) is 34.4. The highest BCUT2D eigenvalue weighted by Crippen LogP contribution is 2.33. The van der Waals surface area contributed by atoms with Gasteiger partial charge in [0.15, 0.2) is 0 Å². The molecule has 2 saturated heterocycles. The molecule has 3 rings (SSSR count). The summed E-state index contributed by atoms with van der Waals surface area (Å²) in [6.07, 6.45) is 8.72. The first-order chi connectivity index (χ1) is 8.74. The second-order valence-electron chi connectivity index (χ2n) is 5.83. The summed E-state index contributed by atoms with van der Waals surface area (Å²) in [5.74, 6) is 0. The van der Waals surface area contributed by atoms with E-state index >= 15 is 0 Å². The number of aromatic nitrogens is 1. The van der Waals surface area contributed by atoms with Crippen molar-refractivity contribution in [3.8, 4) is 0 Å². The predicted octanol–water partition coefficient (Wildman–Crippen LogP) is 2.81. The smallest absolute Gasteiger partial charge is 0.109 e. The summed E-state index contributed by atoms with van der Waals surface area (Å²) in [6, 6.07) is 2.69. The molecule has 100 valence electrons. The fourth-order valence-electron chi connectivity index (χ4n) is 3.63. The lowest BCUT2D eigenvalue weighted by Gasteiger charge is -2.47. The van der Waals surface area contributed by atoms with Gasteiger partial charge in [0.05, 0.1) is 6.04 Å². The first-order valence-corrected chi connectivity index (χ1v) is 7.99. The predicted molar refractivity (Wildman–Crippen MR) is 75.9 cm³/mol. The summed E-state index contributed by atoms with van der Waals surface area (Å²) < 4.78 is 0. The Kier molecular flexibility index (Phi) is 3.68. The average molecular weight is 265 g/mol. The summed E-state index contributed by atoms with van der Waals surface area (Å²) in [7, 11) is 2.31. The lowest BCUT2D eigenvalue weighted by Crippen LogP contribution is -2.54. The Bertz CT molecular complexity index is 364. The van der Waals surface area contributed by atoms with Gasteiger partial charge in [-0.15, -0.1) is 11.3 Å². The quantitative estimate of drug-likeness (QED) is 0.911. The molecule has 2 fully saturated rings. The second-order valence-corrected chi connectivity index (χ2v) is 6.76. The third kappa shape index (κ3) is 2.46. The van der Waals surface area contributed by atoms with E-state index in [0.717, 1.165) is 12.1 Å². The highest BCUT2D eigenvalue weighted by molar-refractivity contribution is 7.09. The zero-order valence-electron chi connectivity index (χ0n) is 11.3. The molecule has 3 nitrogen and oxygen atoms in total. The van der Waals surface area contributed by atoms with Crippen molar-refractivity contribution in [1.82, 2.24) is 15.2 Å². The van der Waals surface area contributed by atoms with Gasteiger partial charge in [-0.1, -0.05) is 6.42 Å². The first kappa shape index (κ1) is 12.6. The van der Waals surface area contributed by atoms with Crippen LogP contribution in [0.2, 0.25) is 0 Å². The highest BCUT2D eigenvalue weighted by Gasteiger charge is 2.36. The average Bonchev–Trinajstić information content (AvgIpc) is 2.84. The van der Waals surface area contributed by atoms with Crippen LogP contribution in [0.5, 0.6) is 0 Å². The Labute approximate surface area is 114 Å². The molecule has 18 heavy (non-hydrogen) atoms. The molecule has 1 aromatic heterocycles. The van der Waals surface area contributed by atoms with Gasteiger partial charge >= 0.3 is 0 Å². The van der Waals surface area contributed by atoms with Gasteiger partial charge < -0.3 is 10.2 Å². The van der Waals surface area contributed by atoms with Crippen LogP contribution in [0.4, 0.5) is 0 Å². The molecule has 3 heterocycles. The van der Waals surface area contributed by atoms with Gasteiger partial charge in [-0.25, -0.2) is 4.98 Å². The third-order valence-corrected chi connectivity index (χ3v) is 5.61. The SMILES string of the molecule is CC(NC1CC2CCCC(C1)N2C)c1nccs1. The Morgan fingerprint density at radius 2 is 2.11 bits per heavy atom. The van der Waals surface area contributed by atoms with E-state index in [-0.39, 0.29) is 0 Å². The van der Waals surface area contributed by atoms with E-state index in [2.05, 4.69) is 34.6 Å². The van der Waals surface area contributed by atoms with E-state index in [1.165, 1.54) is 37.1 Å². The summed E-state index contributed by atoms with van der Waals surface area (Å²) in [5, 5.41) is 7.08. The van der Waals surface area contributed by atoms with Crippen LogP contribution < -0.4 is 5.32 Å². The monoisotopic (exact) mass is 265 g/mol. The molecular formula is C14H23N3S. The van der Waals surface area contributed by atoms with Crippen LogP contribution in [-0.2, 0) is 0 Å². The van der Waals surface area contributed by atoms with Gasteiger partial charge in [-0.3, -0.25) is 0 Å². The molecule has 1 N–H and O–H groups in total. The fourth-order valence-corrected chi connectivity index (χ4v) is 4.28. The molecule has 0 spiro atoms. The topological polar surface area (TPSA) is 28.2 Å². The Morgan fingerprint density at radius 1 is 1.39 bits per heavy atom. The van der Waals surface area contributed by atoms with Gasteiger partial charge in [-0.2, -0.15) is 0 Å². The van der Waals surface area contributed by atoms with Gasteiger partial charge in [0, 0.05) is 29.7 Å². The van der Waals surface area contributed by atoms with Crippen LogP contribution in [0.3, 0.4) is 0 Å². The van der Waals surface area contributed by atoms with Crippen LogP contribution in [0, 0.1) is 0 Å². The van der Waals surface area contributed by atoms with Crippen LogP contribution in [0.25, 0.3) is 0 Å². The summed E-state index contributed by atoms with van der Waals surface area (Å²) in [5.41, 5.74) is 0. The van der Waals surface area contributed by atoms with E-state index in [1.54, 1.807) is 11.3 Å². The molecule has 3 atom stereocenters. The number of hydrogen-bond donors (Lipinski definition) is 1. The van der Waals surface area contributed by atoms with E-state index < -0.39 is 0 Å². The minimum Gasteiger partial charge on any atom is -0.305 e. The van der Waals surface area contributed by atoms with Crippen molar-refractivity contribution in [3.05, 3.63) is 16.6 Å². The summed E-state index contributed by atoms with van der Waals surface area (Å²) >= 11 is 1.76. The number of nitrogens with one attached hydrogen (secondary N) is 1. The second kappa shape index (κ2) is 5.27. The molecule has 4 heteroatoms. The van der Waals surface area contributed by atoms with Crippen molar-refractivity contribution < 1.29 is 0 Å². The summed E-state index contributed by atoms with van der Waals surface area (Å²) in [6.45, 7) is 2.24. The van der Waals surface area contributed by atoms with E-state index in [4.69, 9.17) is 0 Å². The van der Waals surface area contributed by atoms with Crippen LogP contribution in [-0.4, -0.2) is 35.1 Å². The number of nitrogens with zero attached hydrogens (tertiary/aromatic N) is 2. The molecule has 0 saturated carbocycles. The largest absolute Gasteiger partial charge is 0.305 e. The number of piperidine rings is 2. The third-order valence-electron chi connectivity index (χ3n) is 4.65. The standard InChI is InChI=1S/C14H23N3S/c1-10(14-15-6-7-18-14)16-11-8-12-4-3-5-13(9-11)17(12)2/h6-7,10-13,16H,3-5,8-9H2,1-2H3. The first-order valence-electron chi connectivity index (χ1n) is 7.11. The molecular weight excluding hydrogens is 242 g/mol. The van der Waals surface area contributed by atoms with Crippen molar-refractivity contribution in [1.29, 1.82) is 0 Å². The number of fused-ring (bicyclic) bond motifs is 2. The lowest BCUT2D eigenvalue weighted by atomic mass is 9.82. The minimum atomic E-state index is 0.402. The van der Waals surface area contributed by atoms with Crippen molar-refractivity contribution >= 4 is 11.3 Å². The van der Waals surface area contributed by atoms with Gasteiger partial charge in [-0.05, 0) is 39.7 Å². The zero-order chi connectivity index (χ0) is 12.5. The van der Waals surface area contributed by atoms with Crippen molar-refractivity contribution in [3.63, 3.8) is 0 Å². The fraction of sp³-hybridized carbons (Fsp3) is 0.786. The molecule has 1 aromatic rings. The van der Waals surface area contributed by atoms with Gasteiger partial charge in [0.2, 0.25) is 0 Å². The molecule has 0 radical (unpaired) electrons. The number of rotatable bonds is 3. The van der Waals surface area contributed by atoms with E-state index in [0.29, 0.717) is 12.1 Å². The van der Waals surface area contributed by atoms with E-state index in [9.17, 15) is 0 Å². The minimum absolute atomic E-state index is 0.402. The van der Waals surface area contributed by atoms with Gasteiger partial charge in [0.1, 0.15) is 5.01 Å². The molecule has 2 aliphatic heterocycles. The molecule has 3 unspecified atom stereocenters. The van der Waals surface area contributed by atoms with Gasteiger partial charge in [0.25, 0.3) is 0 Å². The molecule has 0 aliphatic carbocycles. The molecule has 2 aliphatic rings. The molecule has 0 aromatic carbocycles. The number of thiazole rings is 1. The zero-order valence-corrected chi connectivity index (χ0v) is 12.1. The van der Waals surface area contributed by atoms with Crippen molar-refractivity contribution in [2.45, 2.75) is 63.2 Å².